The number of nitro groups is 1. The number of rotatable bonds is 7. The van der Waals surface area contributed by atoms with Gasteiger partial charge in [-0.15, -0.1) is 0 Å². The first-order valence-corrected chi connectivity index (χ1v) is 5.86. The average molecular weight is 268 g/mol. The molecule has 0 spiro atoms. The number of hydrogen-bond acceptors (Lipinski definition) is 5. The molecule has 0 aliphatic carbocycles. The van der Waals surface area contributed by atoms with Crippen LogP contribution in [0.2, 0.25) is 0 Å². The van der Waals surface area contributed by atoms with Crippen molar-refractivity contribution in [3.05, 3.63) is 33.9 Å². The molecule has 1 aromatic rings. The fourth-order valence-electron chi connectivity index (χ4n) is 1.38. The van der Waals surface area contributed by atoms with Gasteiger partial charge in [0.2, 0.25) is 0 Å². The van der Waals surface area contributed by atoms with Crippen molar-refractivity contribution in [2.24, 2.45) is 0 Å². The summed E-state index contributed by atoms with van der Waals surface area (Å²) >= 11 is 0. The second-order valence-corrected chi connectivity index (χ2v) is 3.86. The number of ether oxygens (including phenoxy) is 1. The zero-order valence-corrected chi connectivity index (χ0v) is 10.6. The SMILES string of the molecule is CCCNC(=O)COc1cc(CO)ccc1[N+](=O)[O-]. The lowest BCUT2D eigenvalue weighted by atomic mass is 10.2. The lowest BCUT2D eigenvalue weighted by Gasteiger charge is -2.08. The van der Waals surface area contributed by atoms with E-state index in [1.165, 1.54) is 18.2 Å². The number of nitrogens with zero attached hydrogens (tertiary/aromatic N) is 1. The van der Waals surface area contributed by atoms with Gasteiger partial charge in [-0.05, 0) is 24.1 Å². The molecule has 0 saturated carbocycles. The minimum absolute atomic E-state index is 0.0248. The molecule has 0 saturated heterocycles. The standard InChI is InChI=1S/C12H16N2O5/c1-2-5-13-12(16)8-19-11-6-9(7-15)3-4-10(11)14(17)18/h3-4,6,15H,2,5,7-8H2,1H3,(H,13,16). The van der Waals surface area contributed by atoms with E-state index in [1.54, 1.807) is 0 Å². The molecule has 0 atom stereocenters. The quantitative estimate of drug-likeness (QED) is 0.567. The maximum atomic E-state index is 11.4. The number of carbonyl (C=O) groups excluding carboxylic acids is 1. The van der Waals surface area contributed by atoms with Crippen molar-refractivity contribution in [1.29, 1.82) is 0 Å². The molecule has 0 aliphatic heterocycles. The van der Waals surface area contributed by atoms with Crippen LogP contribution < -0.4 is 10.1 Å². The minimum Gasteiger partial charge on any atom is -0.477 e. The molecule has 0 radical (unpaired) electrons. The number of benzene rings is 1. The van der Waals surface area contributed by atoms with Crippen molar-refractivity contribution in [2.75, 3.05) is 13.2 Å². The zero-order chi connectivity index (χ0) is 14.3. The first kappa shape index (κ1) is 14.9. The highest BCUT2D eigenvalue weighted by atomic mass is 16.6. The summed E-state index contributed by atoms with van der Waals surface area (Å²) in [6, 6.07) is 4.03. The first-order chi connectivity index (χ1) is 9.08. The Bertz CT molecular complexity index is 461. The van der Waals surface area contributed by atoms with Crippen LogP contribution >= 0.6 is 0 Å². The van der Waals surface area contributed by atoms with Crippen LogP contribution in [0.3, 0.4) is 0 Å². The number of nitrogens with one attached hydrogen (secondary N) is 1. The Morgan fingerprint density at radius 1 is 1.53 bits per heavy atom. The van der Waals surface area contributed by atoms with Crippen LogP contribution in [0.25, 0.3) is 0 Å². The average Bonchev–Trinajstić information content (AvgIpc) is 2.42. The summed E-state index contributed by atoms with van der Waals surface area (Å²) in [5.74, 6) is -0.367. The van der Waals surface area contributed by atoms with E-state index in [4.69, 9.17) is 9.84 Å². The Morgan fingerprint density at radius 2 is 2.26 bits per heavy atom. The molecule has 0 aliphatic rings. The fraction of sp³-hybridized carbons (Fsp3) is 0.417. The molecule has 1 amide bonds. The second kappa shape index (κ2) is 7.32. The molecule has 0 unspecified atom stereocenters. The molecule has 1 aromatic carbocycles. The third-order valence-corrected chi connectivity index (χ3v) is 2.33. The van der Waals surface area contributed by atoms with E-state index in [0.29, 0.717) is 12.1 Å². The molecule has 1 rings (SSSR count). The van der Waals surface area contributed by atoms with Gasteiger partial charge >= 0.3 is 5.69 Å². The summed E-state index contributed by atoms with van der Waals surface area (Å²) < 4.78 is 5.13. The van der Waals surface area contributed by atoms with E-state index < -0.39 is 4.92 Å². The minimum atomic E-state index is -0.597. The number of carbonyl (C=O) groups is 1. The molecule has 104 valence electrons. The highest BCUT2D eigenvalue weighted by Gasteiger charge is 2.16. The van der Waals surface area contributed by atoms with Crippen LogP contribution in [0.4, 0.5) is 5.69 Å². The summed E-state index contributed by atoms with van der Waals surface area (Å²) in [5, 5.41) is 22.4. The van der Waals surface area contributed by atoms with Gasteiger partial charge in [0.25, 0.3) is 5.91 Å². The molecule has 0 fully saturated rings. The lowest BCUT2D eigenvalue weighted by Crippen LogP contribution is -2.29. The maximum absolute atomic E-state index is 11.4. The summed E-state index contributed by atoms with van der Waals surface area (Å²) in [4.78, 5) is 21.6. The summed E-state index contributed by atoms with van der Waals surface area (Å²) in [6.07, 6.45) is 0.798. The predicted molar refractivity (Wildman–Crippen MR) is 67.8 cm³/mol. The van der Waals surface area contributed by atoms with Gasteiger partial charge in [0, 0.05) is 12.6 Å². The fourth-order valence-corrected chi connectivity index (χ4v) is 1.38. The van der Waals surface area contributed by atoms with Crippen molar-refractivity contribution < 1.29 is 19.6 Å². The van der Waals surface area contributed by atoms with Crippen LogP contribution in [-0.4, -0.2) is 29.1 Å². The normalized spacial score (nSPS) is 10.0. The van der Waals surface area contributed by atoms with Crippen molar-refractivity contribution in [2.45, 2.75) is 20.0 Å². The van der Waals surface area contributed by atoms with E-state index >= 15 is 0 Å². The lowest BCUT2D eigenvalue weighted by molar-refractivity contribution is -0.385. The van der Waals surface area contributed by atoms with Gasteiger partial charge < -0.3 is 15.2 Å². The number of nitro benzene ring substituents is 1. The monoisotopic (exact) mass is 268 g/mol. The van der Waals surface area contributed by atoms with E-state index in [1.807, 2.05) is 6.92 Å². The van der Waals surface area contributed by atoms with Crippen molar-refractivity contribution >= 4 is 11.6 Å². The van der Waals surface area contributed by atoms with Gasteiger partial charge in [-0.25, -0.2) is 0 Å². The number of aliphatic hydroxyl groups is 1. The van der Waals surface area contributed by atoms with Crippen molar-refractivity contribution in [3.63, 3.8) is 0 Å². The van der Waals surface area contributed by atoms with Gasteiger partial charge in [-0.1, -0.05) is 6.92 Å². The molecule has 0 aromatic heterocycles. The third kappa shape index (κ3) is 4.55. The zero-order valence-electron chi connectivity index (χ0n) is 10.6. The molecule has 7 nitrogen and oxygen atoms in total. The molecule has 7 heteroatoms. The number of amides is 1. The summed E-state index contributed by atoms with van der Waals surface area (Å²) in [6.45, 7) is 1.89. The van der Waals surface area contributed by atoms with Crippen LogP contribution in [-0.2, 0) is 11.4 Å². The summed E-state index contributed by atoms with van der Waals surface area (Å²) in [5.41, 5.74) is 0.245. The van der Waals surface area contributed by atoms with Gasteiger partial charge in [0.15, 0.2) is 12.4 Å². The molecular formula is C12H16N2O5. The Balaban J connectivity index is 2.74. The van der Waals surface area contributed by atoms with Crippen LogP contribution in [0.5, 0.6) is 5.75 Å². The van der Waals surface area contributed by atoms with E-state index in [-0.39, 0.29) is 30.6 Å². The molecule has 0 bridgehead atoms. The van der Waals surface area contributed by atoms with E-state index in [0.717, 1.165) is 6.42 Å². The van der Waals surface area contributed by atoms with Gasteiger partial charge in [0.1, 0.15) is 0 Å². The van der Waals surface area contributed by atoms with Crippen LogP contribution in [0.1, 0.15) is 18.9 Å². The summed E-state index contributed by atoms with van der Waals surface area (Å²) in [7, 11) is 0. The number of aliphatic hydroxyl groups excluding tert-OH is 1. The largest absolute Gasteiger partial charge is 0.477 e. The molecule has 19 heavy (non-hydrogen) atoms. The molecule has 2 N–H and O–H groups in total. The van der Waals surface area contributed by atoms with Crippen molar-refractivity contribution in [3.8, 4) is 5.75 Å². The van der Waals surface area contributed by atoms with E-state index in [9.17, 15) is 14.9 Å². The van der Waals surface area contributed by atoms with E-state index in [2.05, 4.69) is 5.32 Å². The first-order valence-electron chi connectivity index (χ1n) is 5.86. The predicted octanol–water partition coefficient (Wildman–Crippen LogP) is 0.992. The van der Waals surface area contributed by atoms with Crippen LogP contribution in [0.15, 0.2) is 18.2 Å². The highest BCUT2D eigenvalue weighted by molar-refractivity contribution is 5.77. The Hall–Kier alpha value is -2.15. The van der Waals surface area contributed by atoms with Gasteiger partial charge in [-0.3, -0.25) is 14.9 Å². The van der Waals surface area contributed by atoms with Gasteiger partial charge in [0.05, 0.1) is 11.5 Å². The molecule has 0 heterocycles. The topological polar surface area (TPSA) is 102 Å². The van der Waals surface area contributed by atoms with Gasteiger partial charge in [-0.2, -0.15) is 0 Å². The Kier molecular flexibility index (Phi) is 5.74. The third-order valence-electron chi connectivity index (χ3n) is 2.33. The number of hydrogen-bond donors (Lipinski definition) is 2. The molecular weight excluding hydrogens is 252 g/mol. The second-order valence-electron chi connectivity index (χ2n) is 3.86. The maximum Gasteiger partial charge on any atom is 0.310 e. The smallest absolute Gasteiger partial charge is 0.310 e. The Morgan fingerprint density at radius 3 is 2.84 bits per heavy atom. The highest BCUT2D eigenvalue weighted by Crippen LogP contribution is 2.27. The van der Waals surface area contributed by atoms with Crippen LogP contribution in [0, 0.1) is 10.1 Å². The Labute approximate surface area is 110 Å². The van der Waals surface area contributed by atoms with Crippen molar-refractivity contribution in [1.82, 2.24) is 5.32 Å².